The molecule has 9 nitrogen and oxygen atoms in total. The number of hydrogen-bond acceptors (Lipinski definition) is 6. The molecule has 0 aliphatic carbocycles. The molecule has 1 atom stereocenters. The van der Waals surface area contributed by atoms with Crippen molar-refractivity contribution in [3.63, 3.8) is 0 Å². The van der Waals surface area contributed by atoms with E-state index in [1.165, 1.54) is 0 Å². The molecule has 0 unspecified atom stereocenters. The predicted octanol–water partition coefficient (Wildman–Crippen LogP) is 4.34. The van der Waals surface area contributed by atoms with Crippen molar-refractivity contribution in [1.82, 2.24) is 29.8 Å². The van der Waals surface area contributed by atoms with Crippen LogP contribution < -0.4 is 10.1 Å². The Morgan fingerprint density at radius 2 is 1.87 bits per heavy atom. The number of likely N-dealkylation sites (N-methyl/N-ethyl adjacent to an activating group) is 1. The molecule has 0 saturated heterocycles. The fourth-order valence-electron chi connectivity index (χ4n) is 4.25. The summed E-state index contributed by atoms with van der Waals surface area (Å²) in [5.41, 5.74) is 6.30. The van der Waals surface area contributed by atoms with E-state index in [1.54, 1.807) is 11.8 Å². The Kier molecular flexibility index (Phi) is 9.16. The van der Waals surface area contributed by atoms with Gasteiger partial charge in [-0.3, -0.25) is 14.2 Å². The Morgan fingerprint density at radius 1 is 1.08 bits per heavy atom. The number of methoxy groups -OCH3 is 1. The molecule has 2 heterocycles. The molecule has 39 heavy (non-hydrogen) atoms. The lowest BCUT2D eigenvalue weighted by Gasteiger charge is -2.18. The maximum absolute atomic E-state index is 13.4. The molecule has 206 valence electrons. The lowest BCUT2D eigenvalue weighted by atomic mass is 9.96. The van der Waals surface area contributed by atoms with E-state index in [4.69, 9.17) is 14.6 Å². The van der Waals surface area contributed by atoms with Gasteiger partial charge in [0.05, 0.1) is 31.1 Å². The monoisotopic (exact) mass is 530 g/mol. The van der Waals surface area contributed by atoms with Gasteiger partial charge in [0, 0.05) is 49.8 Å². The van der Waals surface area contributed by atoms with Crippen molar-refractivity contribution in [2.45, 2.75) is 26.4 Å². The number of carbonyl (C=O) groups is 1. The molecule has 2 aromatic carbocycles. The molecule has 0 aliphatic heterocycles. The highest BCUT2D eigenvalue weighted by Crippen LogP contribution is 2.30. The summed E-state index contributed by atoms with van der Waals surface area (Å²) in [6, 6.07) is 13.7. The third-order valence-electron chi connectivity index (χ3n) is 6.56. The molecule has 2 aromatic heterocycles. The van der Waals surface area contributed by atoms with Gasteiger partial charge < -0.3 is 19.7 Å². The molecular weight excluding hydrogens is 492 g/mol. The molecule has 0 fully saturated rings. The van der Waals surface area contributed by atoms with Crippen molar-refractivity contribution in [1.29, 1.82) is 0 Å². The quantitative estimate of drug-likeness (QED) is 0.293. The molecule has 0 aliphatic rings. The SMILES string of the molecule is COCCn1ccc(-c2cc(-c3cnn(C)c3)cc([C@@H](C)NC(=O)c3cc(OCCN(C)C)ccc3C)c2)n1. The number of hydrogen-bond donors (Lipinski definition) is 1. The van der Waals surface area contributed by atoms with Gasteiger partial charge in [-0.1, -0.05) is 6.07 Å². The van der Waals surface area contributed by atoms with Crippen LogP contribution in [0.1, 0.15) is 34.5 Å². The number of amides is 1. The van der Waals surface area contributed by atoms with E-state index in [9.17, 15) is 4.79 Å². The summed E-state index contributed by atoms with van der Waals surface area (Å²) in [4.78, 5) is 15.4. The molecule has 0 radical (unpaired) electrons. The third kappa shape index (κ3) is 7.34. The molecule has 1 amide bonds. The average molecular weight is 531 g/mol. The van der Waals surface area contributed by atoms with Crippen LogP contribution >= 0.6 is 0 Å². The zero-order valence-corrected chi connectivity index (χ0v) is 23.6. The van der Waals surface area contributed by atoms with Gasteiger partial charge in [-0.25, -0.2) is 0 Å². The minimum Gasteiger partial charge on any atom is -0.492 e. The predicted molar refractivity (Wildman–Crippen MR) is 153 cm³/mol. The summed E-state index contributed by atoms with van der Waals surface area (Å²) in [6.45, 7) is 6.55. The van der Waals surface area contributed by atoms with E-state index in [0.29, 0.717) is 31.1 Å². The van der Waals surface area contributed by atoms with Crippen LogP contribution in [-0.2, 0) is 18.3 Å². The van der Waals surface area contributed by atoms with Gasteiger partial charge in [-0.2, -0.15) is 10.2 Å². The van der Waals surface area contributed by atoms with Crippen LogP contribution in [0.4, 0.5) is 0 Å². The molecule has 0 spiro atoms. The van der Waals surface area contributed by atoms with E-state index in [0.717, 1.165) is 40.1 Å². The fourth-order valence-corrected chi connectivity index (χ4v) is 4.25. The number of rotatable bonds is 12. The first-order valence-electron chi connectivity index (χ1n) is 13.1. The number of aromatic nitrogens is 4. The van der Waals surface area contributed by atoms with Gasteiger partial charge >= 0.3 is 0 Å². The fraction of sp³-hybridized carbons (Fsp3) is 0.367. The summed E-state index contributed by atoms with van der Waals surface area (Å²) in [6.07, 6.45) is 5.77. The minimum atomic E-state index is -0.249. The van der Waals surface area contributed by atoms with E-state index in [1.807, 2.05) is 82.5 Å². The van der Waals surface area contributed by atoms with Crippen molar-refractivity contribution in [2.24, 2.45) is 7.05 Å². The highest BCUT2D eigenvalue weighted by Gasteiger charge is 2.17. The summed E-state index contributed by atoms with van der Waals surface area (Å²) in [5, 5.41) is 12.3. The molecule has 1 N–H and O–H groups in total. The summed E-state index contributed by atoms with van der Waals surface area (Å²) in [5.74, 6) is 0.542. The number of nitrogens with zero attached hydrogens (tertiary/aromatic N) is 5. The molecule has 0 saturated carbocycles. The summed E-state index contributed by atoms with van der Waals surface area (Å²) < 4.78 is 14.7. The minimum absolute atomic E-state index is 0.143. The Labute approximate surface area is 230 Å². The number of aryl methyl sites for hydroxylation is 2. The highest BCUT2D eigenvalue weighted by atomic mass is 16.5. The molecule has 4 rings (SSSR count). The Balaban J connectivity index is 1.59. The van der Waals surface area contributed by atoms with Gasteiger partial charge in [-0.05, 0) is 81.0 Å². The van der Waals surface area contributed by atoms with E-state index < -0.39 is 0 Å². The van der Waals surface area contributed by atoms with Gasteiger partial charge in [0.25, 0.3) is 5.91 Å². The van der Waals surface area contributed by atoms with E-state index in [2.05, 4.69) is 33.5 Å². The second-order valence-corrected chi connectivity index (χ2v) is 10.0. The Bertz CT molecular complexity index is 1410. The van der Waals surface area contributed by atoms with Gasteiger partial charge in [0.1, 0.15) is 12.4 Å². The lowest BCUT2D eigenvalue weighted by Crippen LogP contribution is -2.27. The second-order valence-electron chi connectivity index (χ2n) is 10.0. The molecule has 4 aromatic rings. The largest absolute Gasteiger partial charge is 0.492 e. The first kappa shape index (κ1) is 28.1. The van der Waals surface area contributed by atoms with Gasteiger partial charge in [0.2, 0.25) is 0 Å². The third-order valence-corrected chi connectivity index (χ3v) is 6.56. The standard InChI is InChI=1S/C30H38N6O3/c1-21-7-8-27(39-14-11-34(3)4)18-28(21)30(37)32-22(2)23-15-24(26-19-31-35(5)20-26)17-25(16-23)29-9-10-36(33-29)12-13-38-6/h7-10,15-20,22H,11-14H2,1-6H3,(H,32,37)/t22-/m1/s1. The van der Waals surface area contributed by atoms with Gasteiger partial charge in [0.15, 0.2) is 0 Å². The van der Waals surface area contributed by atoms with Crippen LogP contribution in [0.15, 0.2) is 61.1 Å². The summed E-state index contributed by atoms with van der Waals surface area (Å²) >= 11 is 0. The van der Waals surface area contributed by atoms with Crippen molar-refractivity contribution >= 4 is 5.91 Å². The Hall–Kier alpha value is -3.95. The smallest absolute Gasteiger partial charge is 0.252 e. The Morgan fingerprint density at radius 3 is 2.59 bits per heavy atom. The van der Waals surface area contributed by atoms with Crippen molar-refractivity contribution < 1.29 is 14.3 Å². The maximum Gasteiger partial charge on any atom is 0.252 e. The van der Waals surface area contributed by atoms with Crippen LogP contribution in [-0.4, -0.2) is 71.3 Å². The first-order chi connectivity index (χ1) is 18.7. The molecule has 0 bridgehead atoms. The van der Waals surface area contributed by atoms with Crippen LogP contribution in [0.3, 0.4) is 0 Å². The molecular formula is C30H38N6O3. The lowest BCUT2D eigenvalue weighted by molar-refractivity contribution is 0.0938. The van der Waals surface area contributed by atoms with Crippen LogP contribution in [0.5, 0.6) is 5.75 Å². The summed E-state index contributed by atoms with van der Waals surface area (Å²) in [7, 11) is 7.58. The van der Waals surface area contributed by atoms with Crippen LogP contribution in [0.25, 0.3) is 22.4 Å². The number of carbonyl (C=O) groups excluding carboxylic acids is 1. The van der Waals surface area contributed by atoms with E-state index in [-0.39, 0.29) is 11.9 Å². The van der Waals surface area contributed by atoms with Crippen LogP contribution in [0.2, 0.25) is 0 Å². The maximum atomic E-state index is 13.4. The van der Waals surface area contributed by atoms with E-state index >= 15 is 0 Å². The second kappa shape index (κ2) is 12.7. The number of nitrogens with one attached hydrogen (secondary N) is 1. The molecule has 9 heteroatoms. The van der Waals surface area contributed by atoms with Crippen molar-refractivity contribution in [3.8, 4) is 28.1 Å². The topological polar surface area (TPSA) is 86.4 Å². The zero-order chi connectivity index (χ0) is 27.9. The zero-order valence-electron chi connectivity index (χ0n) is 23.6. The van der Waals surface area contributed by atoms with Crippen molar-refractivity contribution in [3.05, 3.63) is 77.7 Å². The normalized spacial score (nSPS) is 12.1. The van der Waals surface area contributed by atoms with Crippen molar-refractivity contribution in [2.75, 3.05) is 41.0 Å². The number of benzene rings is 2. The first-order valence-corrected chi connectivity index (χ1v) is 13.1. The van der Waals surface area contributed by atoms with Crippen LogP contribution in [0, 0.1) is 6.92 Å². The average Bonchev–Trinajstić information content (AvgIpc) is 3.57. The number of ether oxygens (including phenoxy) is 2. The van der Waals surface area contributed by atoms with Gasteiger partial charge in [-0.15, -0.1) is 0 Å². The highest BCUT2D eigenvalue weighted by molar-refractivity contribution is 5.96.